The number of primary amides is 1. The van der Waals surface area contributed by atoms with Crippen molar-refractivity contribution in [3.63, 3.8) is 0 Å². The standard InChI is InChI=1S/C27H33N5O3/c1-18-16-32(20-7-10-22(26(28)33)23(15-20)29-12-14-30(2)3)24-11-13-31(27(34)25(18)24)17-19-5-8-21(35-4)9-6-19/h5-10,15-16,29H,11-14,17H2,1-4H3,(H2,28,33). The molecule has 1 aromatic heterocycles. The predicted octanol–water partition coefficient (Wildman–Crippen LogP) is 3.07. The van der Waals surface area contributed by atoms with Crippen molar-refractivity contribution in [2.45, 2.75) is 19.9 Å². The molecule has 0 unspecified atom stereocenters. The highest BCUT2D eigenvalue weighted by atomic mass is 16.5. The van der Waals surface area contributed by atoms with Crippen LogP contribution in [0.25, 0.3) is 5.69 Å². The van der Waals surface area contributed by atoms with E-state index in [-0.39, 0.29) is 5.91 Å². The molecule has 0 saturated carbocycles. The number of nitrogens with zero attached hydrogens (tertiary/aromatic N) is 3. The molecule has 0 saturated heterocycles. The predicted molar refractivity (Wildman–Crippen MR) is 138 cm³/mol. The second kappa shape index (κ2) is 10.2. The molecule has 3 N–H and O–H groups in total. The second-order valence-electron chi connectivity index (χ2n) is 9.15. The van der Waals surface area contributed by atoms with Crippen LogP contribution in [0.1, 0.15) is 37.5 Å². The molecular formula is C27H33N5O3. The first-order valence-corrected chi connectivity index (χ1v) is 11.7. The smallest absolute Gasteiger partial charge is 0.256 e. The van der Waals surface area contributed by atoms with Gasteiger partial charge in [0.1, 0.15) is 5.75 Å². The van der Waals surface area contributed by atoms with E-state index < -0.39 is 5.91 Å². The van der Waals surface area contributed by atoms with Crippen molar-refractivity contribution in [1.82, 2.24) is 14.4 Å². The minimum atomic E-state index is -0.473. The number of hydrogen-bond donors (Lipinski definition) is 2. The number of likely N-dealkylation sites (N-methyl/N-ethyl adjacent to an activating group) is 1. The van der Waals surface area contributed by atoms with E-state index >= 15 is 0 Å². The topological polar surface area (TPSA) is 92.8 Å². The second-order valence-corrected chi connectivity index (χ2v) is 9.15. The lowest BCUT2D eigenvalue weighted by molar-refractivity contribution is 0.0725. The van der Waals surface area contributed by atoms with Gasteiger partial charge >= 0.3 is 0 Å². The summed E-state index contributed by atoms with van der Waals surface area (Å²) in [5.74, 6) is 0.363. The molecule has 3 aromatic rings. The van der Waals surface area contributed by atoms with Crippen LogP contribution < -0.4 is 15.8 Å². The van der Waals surface area contributed by atoms with Crippen molar-refractivity contribution in [1.29, 1.82) is 0 Å². The van der Waals surface area contributed by atoms with Crippen molar-refractivity contribution in [3.05, 3.63) is 76.6 Å². The molecule has 0 bridgehead atoms. The summed E-state index contributed by atoms with van der Waals surface area (Å²) in [5.41, 5.74) is 11.4. The zero-order chi connectivity index (χ0) is 25.1. The molecule has 0 radical (unpaired) electrons. The van der Waals surface area contributed by atoms with E-state index in [0.29, 0.717) is 30.9 Å². The Labute approximate surface area is 206 Å². The van der Waals surface area contributed by atoms with E-state index in [2.05, 4.69) is 14.8 Å². The fourth-order valence-corrected chi connectivity index (χ4v) is 4.51. The third-order valence-electron chi connectivity index (χ3n) is 6.37. The molecule has 4 rings (SSSR count). The highest BCUT2D eigenvalue weighted by molar-refractivity contribution is 5.99. The first-order valence-electron chi connectivity index (χ1n) is 11.7. The van der Waals surface area contributed by atoms with E-state index in [1.54, 1.807) is 13.2 Å². The Bertz CT molecular complexity index is 1230. The number of rotatable bonds is 9. The Morgan fingerprint density at radius 3 is 2.57 bits per heavy atom. The Hall–Kier alpha value is -3.78. The number of ether oxygens (including phenoxy) is 1. The highest BCUT2D eigenvalue weighted by Gasteiger charge is 2.30. The van der Waals surface area contributed by atoms with Crippen molar-refractivity contribution < 1.29 is 14.3 Å². The van der Waals surface area contributed by atoms with Gasteiger partial charge in [-0.2, -0.15) is 0 Å². The normalized spacial score (nSPS) is 13.2. The number of benzene rings is 2. The van der Waals surface area contributed by atoms with Crippen molar-refractivity contribution in [2.24, 2.45) is 5.73 Å². The van der Waals surface area contributed by atoms with Gasteiger partial charge < -0.3 is 30.2 Å². The number of fused-ring (bicyclic) bond motifs is 1. The molecule has 2 aromatic carbocycles. The van der Waals surface area contributed by atoms with Crippen molar-refractivity contribution >= 4 is 17.5 Å². The molecule has 1 aliphatic heterocycles. The summed E-state index contributed by atoms with van der Waals surface area (Å²) < 4.78 is 7.30. The molecule has 2 amide bonds. The number of nitrogens with one attached hydrogen (secondary N) is 1. The Kier molecular flexibility index (Phi) is 7.12. The van der Waals surface area contributed by atoms with Crippen LogP contribution in [0.15, 0.2) is 48.7 Å². The fraction of sp³-hybridized carbons (Fsp3) is 0.333. The Morgan fingerprint density at radius 1 is 1.17 bits per heavy atom. The third kappa shape index (κ3) is 5.17. The number of anilines is 1. The van der Waals surface area contributed by atoms with Crippen LogP contribution in [0.2, 0.25) is 0 Å². The minimum absolute atomic E-state index is 0.0383. The van der Waals surface area contributed by atoms with Gasteiger partial charge in [-0.05, 0) is 62.5 Å². The number of methoxy groups -OCH3 is 1. The van der Waals surface area contributed by atoms with Gasteiger partial charge in [0.25, 0.3) is 11.8 Å². The molecule has 35 heavy (non-hydrogen) atoms. The van der Waals surface area contributed by atoms with Gasteiger partial charge in [-0.3, -0.25) is 9.59 Å². The number of amides is 2. The Morgan fingerprint density at radius 2 is 1.91 bits per heavy atom. The van der Waals surface area contributed by atoms with Gasteiger partial charge in [0.15, 0.2) is 0 Å². The maximum absolute atomic E-state index is 13.4. The van der Waals surface area contributed by atoms with Crippen LogP contribution in [0, 0.1) is 6.92 Å². The van der Waals surface area contributed by atoms with Crippen LogP contribution in [0.3, 0.4) is 0 Å². The first kappa shape index (κ1) is 24.3. The monoisotopic (exact) mass is 475 g/mol. The fourth-order valence-electron chi connectivity index (χ4n) is 4.51. The lowest BCUT2D eigenvalue weighted by Crippen LogP contribution is -2.37. The summed E-state index contributed by atoms with van der Waals surface area (Å²) in [5, 5.41) is 3.33. The average molecular weight is 476 g/mol. The minimum Gasteiger partial charge on any atom is -0.497 e. The first-order chi connectivity index (χ1) is 16.8. The lowest BCUT2D eigenvalue weighted by atomic mass is 10.0. The molecule has 8 nitrogen and oxygen atoms in total. The summed E-state index contributed by atoms with van der Waals surface area (Å²) in [6.07, 6.45) is 2.74. The summed E-state index contributed by atoms with van der Waals surface area (Å²) in [6, 6.07) is 13.4. The van der Waals surface area contributed by atoms with Crippen LogP contribution in [0.4, 0.5) is 5.69 Å². The summed E-state index contributed by atoms with van der Waals surface area (Å²) >= 11 is 0. The van der Waals surface area contributed by atoms with Crippen LogP contribution in [-0.2, 0) is 13.0 Å². The zero-order valence-corrected chi connectivity index (χ0v) is 20.8. The van der Waals surface area contributed by atoms with E-state index in [1.807, 2.05) is 68.5 Å². The number of carbonyl (C=O) groups excluding carboxylic acids is 2. The summed E-state index contributed by atoms with van der Waals surface area (Å²) in [7, 11) is 5.64. The summed E-state index contributed by atoms with van der Waals surface area (Å²) in [6.45, 7) is 4.66. The van der Waals surface area contributed by atoms with E-state index in [0.717, 1.165) is 46.8 Å². The van der Waals surface area contributed by atoms with Gasteiger partial charge in [-0.15, -0.1) is 0 Å². The maximum Gasteiger partial charge on any atom is 0.256 e. The molecule has 8 heteroatoms. The molecule has 2 heterocycles. The van der Waals surface area contributed by atoms with E-state index in [1.165, 1.54) is 0 Å². The molecule has 1 aliphatic rings. The highest BCUT2D eigenvalue weighted by Crippen LogP contribution is 2.30. The molecule has 0 fully saturated rings. The van der Waals surface area contributed by atoms with Gasteiger partial charge in [0, 0.05) is 55.9 Å². The maximum atomic E-state index is 13.4. The quantitative estimate of drug-likeness (QED) is 0.496. The molecule has 0 aliphatic carbocycles. The van der Waals surface area contributed by atoms with Crippen LogP contribution in [0.5, 0.6) is 5.75 Å². The number of hydrogen-bond acceptors (Lipinski definition) is 5. The lowest BCUT2D eigenvalue weighted by Gasteiger charge is -2.28. The molecular weight excluding hydrogens is 442 g/mol. The van der Waals surface area contributed by atoms with Gasteiger partial charge in [0.2, 0.25) is 0 Å². The molecule has 0 spiro atoms. The van der Waals surface area contributed by atoms with Gasteiger partial charge in [-0.1, -0.05) is 12.1 Å². The van der Waals surface area contributed by atoms with Crippen molar-refractivity contribution in [3.8, 4) is 11.4 Å². The Balaban J connectivity index is 1.61. The van der Waals surface area contributed by atoms with Crippen LogP contribution >= 0.6 is 0 Å². The number of aryl methyl sites for hydroxylation is 1. The zero-order valence-electron chi connectivity index (χ0n) is 20.8. The largest absolute Gasteiger partial charge is 0.497 e. The number of aromatic nitrogens is 1. The summed E-state index contributed by atoms with van der Waals surface area (Å²) in [4.78, 5) is 29.4. The van der Waals surface area contributed by atoms with E-state index in [4.69, 9.17) is 10.5 Å². The average Bonchev–Trinajstić information content (AvgIpc) is 3.18. The van der Waals surface area contributed by atoms with Gasteiger partial charge in [0.05, 0.1) is 18.2 Å². The number of nitrogens with two attached hydrogens (primary N) is 1. The third-order valence-corrected chi connectivity index (χ3v) is 6.37. The van der Waals surface area contributed by atoms with Crippen LogP contribution in [-0.4, -0.2) is 67.0 Å². The van der Waals surface area contributed by atoms with Gasteiger partial charge in [-0.25, -0.2) is 0 Å². The van der Waals surface area contributed by atoms with Crippen molar-refractivity contribution in [2.75, 3.05) is 46.2 Å². The van der Waals surface area contributed by atoms with E-state index in [9.17, 15) is 9.59 Å². The molecule has 0 atom stereocenters. The SMILES string of the molecule is COc1ccc(CN2CCc3c(c(C)cn3-c3ccc(C(N)=O)c(NCCN(C)C)c3)C2=O)cc1. The molecule has 184 valence electrons. The number of carbonyl (C=O) groups is 2.